The predicted molar refractivity (Wildman–Crippen MR) is 91.6 cm³/mol. The van der Waals surface area contributed by atoms with Gasteiger partial charge in [0.2, 0.25) is 5.91 Å². The second-order valence-electron chi connectivity index (χ2n) is 6.00. The van der Waals surface area contributed by atoms with Gasteiger partial charge >= 0.3 is 0 Å². The van der Waals surface area contributed by atoms with Crippen molar-refractivity contribution in [3.63, 3.8) is 0 Å². The van der Waals surface area contributed by atoms with Crippen molar-refractivity contribution in [3.8, 4) is 5.75 Å². The van der Waals surface area contributed by atoms with Gasteiger partial charge in [0.05, 0.1) is 10.2 Å². The first-order valence-corrected chi connectivity index (χ1v) is 8.43. The molecule has 1 aromatic rings. The maximum absolute atomic E-state index is 11.7. The molecule has 0 spiro atoms. The fourth-order valence-corrected chi connectivity index (χ4v) is 3.45. The fraction of sp³-hybridized carbons (Fsp3) is 0.471. The summed E-state index contributed by atoms with van der Waals surface area (Å²) in [5.41, 5.74) is 3.53. The number of ether oxygens (including phenoxy) is 1. The molecule has 3 rings (SSSR count). The number of fused-ring (bicyclic) bond motifs is 1. The minimum absolute atomic E-state index is 0.0880. The third-order valence-electron chi connectivity index (χ3n) is 4.33. The molecule has 2 heterocycles. The maximum Gasteiger partial charge on any atom is 0.223 e. The standard InChI is InChI=1S/C17H21BrN2O2/c1-12(21)20-8-5-14-9-15(18)17(10-16(14)20)22-11-13-3-6-19(2)7-4-13/h3,9-10H,4-8,11H2,1-2H3. The number of halogens is 1. The Morgan fingerprint density at radius 2 is 2.14 bits per heavy atom. The summed E-state index contributed by atoms with van der Waals surface area (Å²) in [6.07, 6.45) is 4.20. The van der Waals surface area contributed by atoms with Crippen LogP contribution >= 0.6 is 15.9 Å². The van der Waals surface area contributed by atoms with Gasteiger partial charge in [0.1, 0.15) is 12.4 Å². The van der Waals surface area contributed by atoms with Crippen LogP contribution in [0.4, 0.5) is 5.69 Å². The topological polar surface area (TPSA) is 32.8 Å². The zero-order chi connectivity index (χ0) is 15.7. The number of amides is 1. The van der Waals surface area contributed by atoms with Crippen LogP contribution in [0.1, 0.15) is 18.9 Å². The van der Waals surface area contributed by atoms with Crippen molar-refractivity contribution >= 4 is 27.5 Å². The molecule has 0 fully saturated rings. The minimum atomic E-state index is 0.0880. The molecule has 2 aliphatic heterocycles. The van der Waals surface area contributed by atoms with E-state index in [2.05, 4.69) is 40.0 Å². The second-order valence-corrected chi connectivity index (χ2v) is 6.85. The number of rotatable bonds is 3. The van der Waals surface area contributed by atoms with Gasteiger partial charge in [-0.05, 0) is 53.0 Å². The van der Waals surface area contributed by atoms with Crippen LogP contribution < -0.4 is 9.64 Å². The molecule has 0 atom stereocenters. The van der Waals surface area contributed by atoms with Gasteiger partial charge < -0.3 is 14.5 Å². The summed E-state index contributed by atoms with van der Waals surface area (Å²) < 4.78 is 6.96. The lowest BCUT2D eigenvalue weighted by atomic mass is 10.1. The first kappa shape index (κ1) is 15.6. The molecular weight excluding hydrogens is 344 g/mol. The Kier molecular flexibility index (Phi) is 4.54. The van der Waals surface area contributed by atoms with Gasteiger partial charge in [-0.25, -0.2) is 0 Å². The monoisotopic (exact) mass is 364 g/mol. The number of hydrogen-bond donors (Lipinski definition) is 0. The number of likely N-dealkylation sites (N-methyl/N-ethyl adjacent to an activating group) is 1. The Bertz CT molecular complexity index is 627. The molecule has 1 aromatic carbocycles. The predicted octanol–water partition coefficient (Wildman–Crippen LogP) is 3.00. The fourth-order valence-electron chi connectivity index (χ4n) is 2.94. The molecule has 0 unspecified atom stereocenters. The largest absolute Gasteiger partial charge is 0.488 e. The van der Waals surface area contributed by atoms with Crippen molar-refractivity contribution in [2.24, 2.45) is 0 Å². The molecule has 5 heteroatoms. The summed E-state index contributed by atoms with van der Waals surface area (Å²) in [5.74, 6) is 0.900. The molecule has 0 N–H and O–H groups in total. The highest BCUT2D eigenvalue weighted by Crippen LogP contribution is 2.37. The molecule has 22 heavy (non-hydrogen) atoms. The first-order chi connectivity index (χ1) is 10.5. The molecule has 0 radical (unpaired) electrons. The van der Waals surface area contributed by atoms with Gasteiger partial charge in [-0.3, -0.25) is 4.79 Å². The quantitative estimate of drug-likeness (QED) is 0.772. The number of anilines is 1. The SMILES string of the molecule is CC(=O)N1CCc2cc(Br)c(OCC3=CCN(C)CC3)cc21. The van der Waals surface area contributed by atoms with Gasteiger partial charge in [-0.1, -0.05) is 6.08 Å². The number of carbonyl (C=O) groups is 1. The smallest absolute Gasteiger partial charge is 0.223 e. The first-order valence-electron chi connectivity index (χ1n) is 7.64. The van der Waals surface area contributed by atoms with E-state index >= 15 is 0 Å². The Balaban J connectivity index is 1.74. The van der Waals surface area contributed by atoms with Crippen molar-refractivity contribution < 1.29 is 9.53 Å². The highest BCUT2D eigenvalue weighted by molar-refractivity contribution is 9.10. The molecule has 1 amide bonds. The lowest BCUT2D eigenvalue weighted by Gasteiger charge is -2.22. The average Bonchev–Trinajstić information content (AvgIpc) is 2.89. The van der Waals surface area contributed by atoms with E-state index in [0.717, 1.165) is 48.4 Å². The summed E-state index contributed by atoms with van der Waals surface area (Å²) in [6, 6.07) is 4.07. The Morgan fingerprint density at radius 1 is 1.32 bits per heavy atom. The van der Waals surface area contributed by atoms with Crippen LogP contribution in [0, 0.1) is 0 Å². The van der Waals surface area contributed by atoms with Crippen LogP contribution in [-0.2, 0) is 11.2 Å². The third kappa shape index (κ3) is 3.20. The summed E-state index contributed by atoms with van der Waals surface area (Å²) in [4.78, 5) is 15.8. The van der Waals surface area contributed by atoms with E-state index in [1.807, 2.05) is 11.0 Å². The highest BCUT2D eigenvalue weighted by atomic mass is 79.9. The Morgan fingerprint density at radius 3 is 2.82 bits per heavy atom. The van der Waals surface area contributed by atoms with E-state index < -0.39 is 0 Å². The second kappa shape index (κ2) is 6.42. The van der Waals surface area contributed by atoms with Crippen molar-refractivity contribution in [2.75, 3.05) is 38.2 Å². The number of hydrogen-bond acceptors (Lipinski definition) is 3. The van der Waals surface area contributed by atoms with Crippen LogP contribution in [-0.4, -0.2) is 44.1 Å². The lowest BCUT2D eigenvalue weighted by molar-refractivity contribution is -0.116. The van der Waals surface area contributed by atoms with Crippen molar-refractivity contribution in [1.29, 1.82) is 0 Å². The maximum atomic E-state index is 11.7. The molecule has 0 saturated heterocycles. The minimum Gasteiger partial charge on any atom is -0.488 e. The van der Waals surface area contributed by atoms with E-state index in [4.69, 9.17) is 4.74 Å². The molecule has 4 nitrogen and oxygen atoms in total. The van der Waals surface area contributed by atoms with Gasteiger partial charge in [-0.2, -0.15) is 0 Å². The Hall–Kier alpha value is -1.33. The molecule has 0 bridgehead atoms. The highest BCUT2D eigenvalue weighted by Gasteiger charge is 2.24. The zero-order valence-electron chi connectivity index (χ0n) is 13.1. The lowest BCUT2D eigenvalue weighted by Crippen LogP contribution is -2.26. The van der Waals surface area contributed by atoms with E-state index in [-0.39, 0.29) is 5.91 Å². The van der Waals surface area contributed by atoms with Crippen molar-refractivity contribution in [1.82, 2.24) is 4.90 Å². The van der Waals surface area contributed by atoms with Gasteiger partial charge in [-0.15, -0.1) is 0 Å². The molecule has 0 aromatic heterocycles. The van der Waals surface area contributed by atoms with Crippen LogP contribution in [0.2, 0.25) is 0 Å². The van der Waals surface area contributed by atoms with E-state index in [0.29, 0.717) is 6.61 Å². The van der Waals surface area contributed by atoms with Crippen molar-refractivity contribution in [3.05, 3.63) is 33.8 Å². The summed E-state index contributed by atoms with van der Waals surface area (Å²) >= 11 is 3.59. The van der Waals surface area contributed by atoms with Crippen LogP contribution in [0.15, 0.2) is 28.3 Å². The molecular formula is C17H21BrN2O2. The van der Waals surface area contributed by atoms with Crippen LogP contribution in [0.25, 0.3) is 0 Å². The summed E-state index contributed by atoms with van der Waals surface area (Å²) in [5, 5.41) is 0. The third-order valence-corrected chi connectivity index (χ3v) is 4.95. The van der Waals surface area contributed by atoms with Crippen LogP contribution in [0.3, 0.4) is 0 Å². The summed E-state index contributed by atoms with van der Waals surface area (Å²) in [7, 11) is 2.13. The van der Waals surface area contributed by atoms with Gasteiger partial charge in [0.25, 0.3) is 0 Å². The van der Waals surface area contributed by atoms with Crippen molar-refractivity contribution in [2.45, 2.75) is 19.8 Å². The number of nitrogens with zero attached hydrogens (tertiary/aromatic N) is 2. The Labute approximate surface area is 139 Å². The molecule has 2 aliphatic rings. The molecule has 118 valence electrons. The summed E-state index contributed by atoms with van der Waals surface area (Å²) in [6.45, 7) is 5.06. The van der Waals surface area contributed by atoms with Crippen LogP contribution in [0.5, 0.6) is 5.75 Å². The average molecular weight is 365 g/mol. The molecule has 0 aliphatic carbocycles. The van der Waals surface area contributed by atoms with Gasteiger partial charge in [0.15, 0.2) is 0 Å². The van der Waals surface area contributed by atoms with E-state index in [1.54, 1.807) is 6.92 Å². The van der Waals surface area contributed by atoms with Gasteiger partial charge in [0, 0.05) is 32.6 Å². The number of benzene rings is 1. The zero-order valence-corrected chi connectivity index (χ0v) is 14.6. The normalized spacial score (nSPS) is 18.1. The number of carbonyl (C=O) groups excluding carboxylic acids is 1. The van der Waals surface area contributed by atoms with E-state index in [1.165, 1.54) is 11.1 Å². The van der Waals surface area contributed by atoms with E-state index in [9.17, 15) is 4.79 Å². The molecule has 0 saturated carbocycles.